The molecule has 1 unspecified atom stereocenters. The normalized spacial score (nSPS) is 26.6. The molecule has 4 atom stereocenters. The Hall–Kier alpha value is -2.18. The van der Waals surface area contributed by atoms with Gasteiger partial charge in [0.25, 0.3) is 0 Å². The number of hydrogen-bond acceptors (Lipinski definition) is 6. The highest BCUT2D eigenvalue weighted by molar-refractivity contribution is 5.20. The summed E-state index contributed by atoms with van der Waals surface area (Å²) in [6.07, 6.45) is 4.93. The van der Waals surface area contributed by atoms with Crippen LogP contribution in [0.15, 0.2) is 36.7 Å². The number of β-amino-alcohol motifs (C(OH)–C–C–N with tert-alkyl or cyclic N) is 1. The summed E-state index contributed by atoms with van der Waals surface area (Å²) < 4.78 is 6.10. The van der Waals surface area contributed by atoms with Gasteiger partial charge in [0.1, 0.15) is 17.6 Å². The van der Waals surface area contributed by atoms with Gasteiger partial charge in [-0.05, 0) is 55.9 Å². The molecule has 0 radical (unpaired) electrons. The topological polar surface area (TPSA) is 78.7 Å². The van der Waals surface area contributed by atoms with E-state index in [4.69, 9.17) is 4.74 Å². The minimum atomic E-state index is -0.625. The fraction of sp³-hybridized carbons (Fsp3) is 0.500. The molecule has 2 aromatic rings. The number of aromatic hydroxyl groups is 1. The molecule has 6 heteroatoms. The highest BCUT2D eigenvalue weighted by atomic mass is 16.5. The second-order valence-corrected chi connectivity index (χ2v) is 7.54. The number of fused-ring (bicyclic) bond motifs is 1. The van der Waals surface area contributed by atoms with Gasteiger partial charge in [0, 0.05) is 25.3 Å². The summed E-state index contributed by atoms with van der Waals surface area (Å²) in [6, 6.07) is 7.21. The van der Waals surface area contributed by atoms with Gasteiger partial charge in [-0.2, -0.15) is 0 Å². The summed E-state index contributed by atoms with van der Waals surface area (Å²) >= 11 is 0. The molecule has 3 heterocycles. The number of aliphatic hydroxyl groups excluding tert-OH is 1. The maximum Gasteiger partial charge on any atom is 0.138 e. The Balaban J connectivity index is 1.28. The predicted octanol–water partition coefficient (Wildman–Crippen LogP) is 2.31. The van der Waals surface area contributed by atoms with E-state index in [9.17, 15) is 10.2 Å². The highest BCUT2D eigenvalue weighted by Gasteiger charge is 2.42. The third-order valence-corrected chi connectivity index (χ3v) is 5.51. The number of ether oxygens (including phenoxy) is 1. The first kappa shape index (κ1) is 17.2. The highest BCUT2D eigenvalue weighted by Crippen LogP contribution is 2.40. The molecule has 138 valence electrons. The molecule has 6 nitrogen and oxygen atoms in total. The fourth-order valence-corrected chi connectivity index (χ4v) is 4.24. The van der Waals surface area contributed by atoms with Crippen LogP contribution in [0.5, 0.6) is 11.5 Å². The molecule has 1 aliphatic carbocycles. The summed E-state index contributed by atoms with van der Waals surface area (Å²) in [4.78, 5) is 10.7. The van der Waals surface area contributed by atoms with Crippen LogP contribution in [-0.4, -0.2) is 50.8 Å². The maximum absolute atomic E-state index is 10.4. The van der Waals surface area contributed by atoms with Gasteiger partial charge in [0.2, 0.25) is 0 Å². The Morgan fingerprint density at radius 3 is 2.50 bits per heavy atom. The van der Waals surface area contributed by atoms with Crippen molar-refractivity contribution in [1.29, 1.82) is 0 Å². The molecule has 1 aliphatic heterocycles. The molecule has 1 saturated carbocycles. The van der Waals surface area contributed by atoms with Crippen molar-refractivity contribution in [3.63, 3.8) is 0 Å². The third kappa shape index (κ3) is 3.81. The molecule has 2 fully saturated rings. The van der Waals surface area contributed by atoms with Crippen LogP contribution in [0.3, 0.4) is 0 Å². The Morgan fingerprint density at radius 2 is 1.88 bits per heavy atom. The van der Waals surface area contributed by atoms with Crippen LogP contribution in [0, 0.1) is 18.8 Å². The number of pyridine rings is 2. The average Bonchev–Trinajstić information content (AvgIpc) is 3.15. The van der Waals surface area contributed by atoms with Crippen LogP contribution in [-0.2, 0) is 0 Å². The zero-order chi connectivity index (χ0) is 18.1. The lowest BCUT2D eigenvalue weighted by Gasteiger charge is -2.22. The summed E-state index contributed by atoms with van der Waals surface area (Å²) in [7, 11) is 0. The van der Waals surface area contributed by atoms with Crippen LogP contribution in [0.25, 0.3) is 0 Å². The smallest absolute Gasteiger partial charge is 0.138 e. The Bertz CT molecular complexity index is 721. The first-order chi connectivity index (χ1) is 12.6. The van der Waals surface area contributed by atoms with E-state index >= 15 is 0 Å². The molecule has 0 spiro atoms. The van der Waals surface area contributed by atoms with Gasteiger partial charge >= 0.3 is 0 Å². The van der Waals surface area contributed by atoms with E-state index in [1.807, 2.05) is 19.1 Å². The second kappa shape index (κ2) is 7.21. The Labute approximate surface area is 153 Å². The number of rotatable bonds is 5. The molecule has 26 heavy (non-hydrogen) atoms. The van der Waals surface area contributed by atoms with E-state index in [1.54, 1.807) is 18.3 Å². The molecular formula is C20H25N3O3. The van der Waals surface area contributed by atoms with Gasteiger partial charge in [-0.1, -0.05) is 0 Å². The van der Waals surface area contributed by atoms with E-state index in [1.165, 1.54) is 6.20 Å². The molecule has 1 saturated heterocycles. The molecule has 0 amide bonds. The number of aromatic nitrogens is 2. The van der Waals surface area contributed by atoms with E-state index in [-0.39, 0.29) is 11.9 Å². The van der Waals surface area contributed by atoms with Gasteiger partial charge < -0.3 is 14.9 Å². The summed E-state index contributed by atoms with van der Waals surface area (Å²) in [5.41, 5.74) is 1.60. The van der Waals surface area contributed by atoms with Gasteiger partial charge in [-0.25, -0.2) is 0 Å². The van der Waals surface area contributed by atoms with Gasteiger partial charge in [-0.3, -0.25) is 14.9 Å². The average molecular weight is 355 g/mol. The van der Waals surface area contributed by atoms with Gasteiger partial charge in [-0.15, -0.1) is 0 Å². The van der Waals surface area contributed by atoms with Crippen molar-refractivity contribution in [2.75, 3.05) is 19.6 Å². The molecular weight excluding hydrogens is 330 g/mol. The van der Waals surface area contributed by atoms with Crippen molar-refractivity contribution in [1.82, 2.24) is 14.9 Å². The largest absolute Gasteiger partial charge is 0.506 e. The lowest BCUT2D eigenvalue weighted by atomic mass is 10.0. The molecule has 0 aromatic carbocycles. The molecule has 2 aliphatic rings. The molecule has 4 rings (SSSR count). The first-order valence-electron chi connectivity index (χ1n) is 9.21. The number of aryl methyl sites for hydroxylation is 1. The van der Waals surface area contributed by atoms with E-state index < -0.39 is 6.10 Å². The number of aliphatic hydroxyl groups is 1. The predicted molar refractivity (Wildman–Crippen MR) is 96.9 cm³/mol. The lowest BCUT2D eigenvalue weighted by molar-refractivity contribution is 0.113. The Kier molecular flexibility index (Phi) is 4.78. The standard InChI is InChI=1S/C20H25N3O3/c1-13-2-4-17(9-21-13)26-18-6-14-10-23(11-15(14)7-18)12-20(25)19-5-3-16(24)8-22-19/h2-5,8-9,14-15,18,20,24-25H,6-7,10-12H2,1H3/t14-,15+,18+,20?. The van der Waals surface area contributed by atoms with Gasteiger partial charge in [0.05, 0.1) is 24.2 Å². The van der Waals surface area contributed by atoms with Crippen LogP contribution in [0.1, 0.15) is 30.3 Å². The third-order valence-electron chi connectivity index (χ3n) is 5.51. The zero-order valence-corrected chi connectivity index (χ0v) is 15.0. The zero-order valence-electron chi connectivity index (χ0n) is 15.0. The van der Waals surface area contributed by atoms with E-state index in [2.05, 4.69) is 14.9 Å². The molecule has 0 bridgehead atoms. The Morgan fingerprint density at radius 1 is 1.12 bits per heavy atom. The minimum absolute atomic E-state index is 0.117. The first-order valence-corrected chi connectivity index (χ1v) is 9.21. The van der Waals surface area contributed by atoms with Crippen LogP contribution < -0.4 is 4.74 Å². The lowest BCUT2D eigenvalue weighted by Crippen LogP contribution is -2.29. The summed E-state index contributed by atoms with van der Waals surface area (Å²) in [5, 5.41) is 19.7. The van der Waals surface area contributed by atoms with Crippen LogP contribution >= 0.6 is 0 Å². The monoisotopic (exact) mass is 355 g/mol. The molecule has 2 N–H and O–H groups in total. The second-order valence-electron chi connectivity index (χ2n) is 7.54. The van der Waals surface area contributed by atoms with Gasteiger partial charge in [0.15, 0.2) is 0 Å². The molecule has 2 aromatic heterocycles. The minimum Gasteiger partial charge on any atom is -0.506 e. The number of likely N-dealkylation sites (tertiary alicyclic amines) is 1. The van der Waals surface area contributed by atoms with E-state index in [0.717, 1.165) is 37.4 Å². The number of nitrogens with zero attached hydrogens (tertiary/aromatic N) is 3. The van der Waals surface area contributed by atoms with Crippen LogP contribution in [0.4, 0.5) is 0 Å². The number of hydrogen-bond donors (Lipinski definition) is 2. The van der Waals surface area contributed by atoms with Crippen molar-refractivity contribution in [2.45, 2.75) is 32.0 Å². The van der Waals surface area contributed by atoms with Crippen molar-refractivity contribution >= 4 is 0 Å². The quantitative estimate of drug-likeness (QED) is 0.857. The fourth-order valence-electron chi connectivity index (χ4n) is 4.24. The van der Waals surface area contributed by atoms with Crippen molar-refractivity contribution in [3.05, 3.63) is 48.0 Å². The van der Waals surface area contributed by atoms with Crippen LogP contribution in [0.2, 0.25) is 0 Å². The van der Waals surface area contributed by atoms with Crippen molar-refractivity contribution in [3.8, 4) is 11.5 Å². The van der Waals surface area contributed by atoms with Crippen molar-refractivity contribution < 1.29 is 14.9 Å². The maximum atomic E-state index is 10.4. The van der Waals surface area contributed by atoms with E-state index in [0.29, 0.717) is 24.1 Å². The SMILES string of the molecule is Cc1ccc(O[C@H]2C[C@@H]3CN(CC(O)c4ccc(O)cn4)C[C@@H]3C2)cn1. The summed E-state index contributed by atoms with van der Waals surface area (Å²) in [5.74, 6) is 2.22. The summed E-state index contributed by atoms with van der Waals surface area (Å²) in [6.45, 7) is 4.54. The van der Waals surface area contributed by atoms with Crippen molar-refractivity contribution in [2.24, 2.45) is 11.8 Å².